The number of rotatable bonds is 2. The van der Waals surface area contributed by atoms with Gasteiger partial charge in [-0.2, -0.15) is 0 Å². The van der Waals surface area contributed by atoms with Gasteiger partial charge in [-0.25, -0.2) is 0 Å². The van der Waals surface area contributed by atoms with E-state index in [2.05, 4.69) is 0 Å². The predicted molar refractivity (Wildman–Crippen MR) is 43.3 cm³/mol. The predicted octanol–water partition coefficient (Wildman–Crippen LogP) is -1.91. The van der Waals surface area contributed by atoms with Gasteiger partial charge in [-0.1, -0.05) is 0 Å². The molecular formula is C2H10O7P2Sr. The third-order valence-corrected chi connectivity index (χ3v) is 4.87. The van der Waals surface area contributed by atoms with Crippen LogP contribution in [0.15, 0.2) is 0 Å². The molecule has 0 unspecified atom stereocenters. The van der Waals surface area contributed by atoms with Crippen molar-refractivity contribution < 1.29 is 33.8 Å². The fraction of sp³-hybridized carbons (Fsp3) is 1.00. The molecule has 10 heteroatoms. The van der Waals surface area contributed by atoms with Gasteiger partial charge in [-0.15, -0.1) is 0 Å². The van der Waals surface area contributed by atoms with E-state index in [4.69, 9.17) is 24.7 Å². The molecule has 0 aliphatic rings. The van der Waals surface area contributed by atoms with E-state index in [0.717, 1.165) is 0 Å². The van der Waals surface area contributed by atoms with Gasteiger partial charge in [0.2, 0.25) is 0 Å². The van der Waals surface area contributed by atoms with Crippen LogP contribution in [0, 0.1) is 0 Å². The summed E-state index contributed by atoms with van der Waals surface area (Å²) in [5.41, 5.74) is 0. The summed E-state index contributed by atoms with van der Waals surface area (Å²) in [6.07, 6.45) is 0. The zero-order valence-corrected chi connectivity index (χ0v) is 7.24. The zero-order valence-electron chi connectivity index (χ0n) is 5.45. The van der Waals surface area contributed by atoms with Gasteiger partial charge < -0.3 is 24.7 Å². The Morgan fingerprint density at radius 3 is 1.17 bits per heavy atom. The van der Waals surface area contributed by atoms with Crippen molar-refractivity contribution in [3.05, 3.63) is 0 Å². The first-order valence-corrected chi connectivity index (χ1v) is 5.56. The van der Waals surface area contributed by atoms with Crippen molar-refractivity contribution in [3.8, 4) is 0 Å². The number of hydrogen-bond acceptors (Lipinski definition) is 3. The van der Waals surface area contributed by atoms with E-state index < -0.39 is 20.3 Å². The average molecular weight is 296 g/mol. The van der Waals surface area contributed by atoms with E-state index in [1.807, 2.05) is 0 Å². The molecular weight excluding hydrogens is 286 g/mol. The van der Waals surface area contributed by atoms with Crippen molar-refractivity contribution >= 4 is 60.7 Å². The van der Waals surface area contributed by atoms with Crippen LogP contribution in [0.2, 0.25) is 0 Å². The Labute approximate surface area is 105 Å². The standard InChI is InChI=1S/C2H8O7P2.Sr.2H/c1-2(3,10(4,5)6)11(7,8)9;;;/h3H,1H3,(H2,4,5,6)(H2,7,8,9);;;. The summed E-state index contributed by atoms with van der Waals surface area (Å²) in [7, 11) is -10.4. The zero-order chi connectivity index (χ0) is 9.50. The van der Waals surface area contributed by atoms with Crippen LogP contribution >= 0.6 is 15.2 Å². The van der Waals surface area contributed by atoms with Crippen LogP contribution < -0.4 is 0 Å². The van der Waals surface area contributed by atoms with Gasteiger partial charge in [-0.05, 0) is 6.92 Å². The number of hydrogen-bond donors (Lipinski definition) is 5. The Bertz CT molecular complexity index is 212. The number of aliphatic hydroxyl groups is 1. The molecule has 0 aromatic heterocycles. The minimum absolute atomic E-state index is 0. The van der Waals surface area contributed by atoms with Gasteiger partial charge in [0.25, 0.3) is 5.08 Å². The third-order valence-electron chi connectivity index (χ3n) is 1.10. The summed E-state index contributed by atoms with van der Waals surface area (Å²) in [5.74, 6) is 0. The molecule has 0 bridgehead atoms. The molecule has 5 N–H and O–H groups in total. The Morgan fingerprint density at radius 2 is 1.17 bits per heavy atom. The fourth-order valence-electron chi connectivity index (χ4n) is 0.170. The van der Waals surface area contributed by atoms with Crippen LogP contribution in [0.25, 0.3) is 0 Å². The molecule has 0 fully saturated rings. The summed E-state index contributed by atoms with van der Waals surface area (Å²) < 4.78 is 20.5. The van der Waals surface area contributed by atoms with Crippen molar-refractivity contribution in [1.82, 2.24) is 0 Å². The van der Waals surface area contributed by atoms with Gasteiger partial charge in [0.1, 0.15) is 0 Å². The molecule has 0 heterocycles. The molecule has 0 aromatic carbocycles. The van der Waals surface area contributed by atoms with Crippen LogP contribution in [0.4, 0.5) is 0 Å². The summed E-state index contributed by atoms with van der Waals surface area (Å²) in [6.45, 7) is 0.383. The second-order valence-corrected chi connectivity index (χ2v) is 6.33. The molecule has 0 rings (SSSR count). The van der Waals surface area contributed by atoms with Crippen molar-refractivity contribution in [3.63, 3.8) is 0 Å². The van der Waals surface area contributed by atoms with Crippen molar-refractivity contribution in [1.29, 1.82) is 0 Å². The SMILES string of the molecule is CC(O)(P(=O)(O)O)P(=O)(O)O.[SrH2]. The van der Waals surface area contributed by atoms with Crippen LogP contribution in [-0.2, 0) is 9.13 Å². The first kappa shape index (κ1) is 16.2. The second-order valence-electron chi connectivity index (χ2n) is 2.06. The first-order valence-electron chi connectivity index (χ1n) is 2.34. The van der Waals surface area contributed by atoms with Crippen molar-refractivity contribution in [2.45, 2.75) is 12.0 Å². The molecule has 0 aliphatic carbocycles. The summed E-state index contributed by atoms with van der Waals surface area (Å²) in [4.78, 5) is 33.0. The van der Waals surface area contributed by atoms with E-state index in [1.165, 1.54) is 0 Å². The monoisotopic (exact) mass is 296 g/mol. The Kier molecular flexibility index (Phi) is 6.08. The van der Waals surface area contributed by atoms with Gasteiger partial charge in [0, 0.05) is 0 Å². The van der Waals surface area contributed by atoms with Crippen LogP contribution in [0.1, 0.15) is 6.92 Å². The molecule has 0 spiro atoms. The summed E-state index contributed by atoms with van der Waals surface area (Å²) >= 11 is 0. The van der Waals surface area contributed by atoms with Crippen molar-refractivity contribution in [2.24, 2.45) is 0 Å². The topological polar surface area (TPSA) is 135 Å². The molecule has 12 heavy (non-hydrogen) atoms. The summed E-state index contributed by atoms with van der Waals surface area (Å²) in [5, 5.41) is 5.37. The summed E-state index contributed by atoms with van der Waals surface area (Å²) in [6, 6.07) is 0. The second kappa shape index (κ2) is 4.51. The van der Waals surface area contributed by atoms with Gasteiger partial charge in [-0.3, -0.25) is 9.13 Å². The van der Waals surface area contributed by atoms with E-state index >= 15 is 0 Å². The van der Waals surface area contributed by atoms with Gasteiger partial charge in [0.15, 0.2) is 0 Å². The van der Waals surface area contributed by atoms with Crippen LogP contribution in [0.3, 0.4) is 0 Å². The van der Waals surface area contributed by atoms with E-state index in [0.29, 0.717) is 6.92 Å². The van der Waals surface area contributed by atoms with Gasteiger partial charge >= 0.3 is 60.7 Å². The molecule has 0 radical (unpaired) electrons. The molecule has 7 nitrogen and oxygen atoms in total. The Hall–Kier alpha value is 1.74. The quantitative estimate of drug-likeness (QED) is 0.296. The first-order chi connectivity index (χ1) is 4.50. The molecule has 0 saturated heterocycles. The molecule has 0 saturated carbocycles. The van der Waals surface area contributed by atoms with Gasteiger partial charge in [0.05, 0.1) is 0 Å². The third kappa shape index (κ3) is 3.48. The Morgan fingerprint density at radius 1 is 1.00 bits per heavy atom. The molecule has 0 atom stereocenters. The molecule has 0 aliphatic heterocycles. The van der Waals surface area contributed by atoms with Crippen LogP contribution in [-0.4, -0.2) is 75.2 Å². The van der Waals surface area contributed by atoms with E-state index in [9.17, 15) is 9.13 Å². The maximum atomic E-state index is 10.3. The maximum absolute atomic E-state index is 10.3. The van der Waals surface area contributed by atoms with E-state index in [-0.39, 0.29) is 45.5 Å². The minimum atomic E-state index is -5.20. The Balaban J connectivity index is 0. The van der Waals surface area contributed by atoms with Crippen LogP contribution in [0.5, 0.6) is 0 Å². The molecule has 0 aromatic rings. The fourth-order valence-corrected chi connectivity index (χ4v) is 1.53. The molecule has 0 amide bonds. The molecule has 72 valence electrons. The van der Waals surface area contributed by atoms with E-state index in [1.54, 1.807) is 0 Å². The average Bonchev–Trinajstić information content (AvgIpc) is 1.58. The van der Waals surface area contributed by atoms with Crippen molar-refractivity contribution in [2.75, 3.05) is 0 Å². The normalized spacial score (nSPS) is 13.8.